The molecule has 3 rings (SSSR count). The van der Waals surface area contributed by atoms with Crippen LogP contribution >= 0.6 is 0 Å². The smallest absolute Gasteiger partial charge is 0.251 e. The minimum Gasteiger partial charge on any atom is -0.343 e. The Morgan fingerprint density at radius 1 is 1.11 bits per heavy atom. The summed E-state index contributed by atoms with van der Waals surface area (Å²) in [5.41, 5.74) is 3.99. The van der Waals surface area contributed by atoms with Crippen molar-refractivity contribution >= 4 is 11.8 Å². The van der Waals surface area contributed by atoms with E-state index in [1.807, 2.05) is 43.0 Å². The predicted octanol–water partition coefficient (Wildman–Crippen LogP) is 4.22. The predicted molar refractivity (Wildman–Crippen MR) is 112 cm³/mol. The summed E-state index contributed by atoms with van der Waals surface area (Å²) in [7, 11) is 0. The average Bonchev–Trinajstić information content (AvgIpc) is 3.16. The minimum absolute atomic E-state index is 0.00889. The Morgan fingerprint density at radius 3 is 2.43 bits per heavy atom. The zero-order chi connectivity index (χ0) is 20.1. The van der Waals surface area contributed by atoms with Gasteiger partial charge in [-0.1, -0.05) is 54.4 Å². The number of carbonyl (C=O) groups excluding carboxylic acids is 2. The maximum Gasteiger partial charge on any atom is 0.251 e. The Balaban J connectivity index is 1.65. The molecule has 0 radical (unpaired) electrons. The third kappa shape index (κ3) is 4.61. The van der Waals surface area contributed by atoms with Crippen LogP contribution in [0.5, 0.6) is 0 Å². The molecular formula is C24H30N2O2. The molecule has 28 heavy (non-hydrogen) atoms. The fourth-order valence-electron chi connectivity index (χ4n) is 4.42. The molecule has 1 N–H and O–H groups in total. The number of hydrogen-bond donors (Lipinski definition) is 1. The van der Waals surface area contributed by atoms with Crippen LogP contribution in [0.1, 0.15) is 59.2 Å². The van der Waals surface area contributed by atoms with E-state index < -0.39 is 0 Å². The molecule has 1 heterocycles. The molecule has 2 atom stereocenters. The zero-order valence-electron chi connectivity index (χ0n) is 17.1. The molecule has 0 saturated carbocycles. The van der Waals surface area contributed by atoms with Gasteiger partial charge in [-0.05, 0) is 50.8 Å². The molecule has 1 aliphatic heterocycles. The van der Waals surface area contributed by atoms with Gasteiger partial charge in [0.2, 0.25) is 5.91 Å². The lowest BCUT2D eigenvalue weighted by molar-refractivity contribution is -0.131. The number of rotatable bonds is 6. The van der Waals surface area contributed by atoms with Gasteiger partial charge in [-0.25, -0.2) is 0 Å². The van der Waals surface area contributed by atoms with E-state index in [0.29, 0.717) is 11.5 Å². The summed E-state index contributed by atoms with van der Waals surface area (Å²) in [5.74, 6) is 0.156. The first-order valence-electron chi connectivity index (χ1n) is 10.2. The summed E-state index contributed by atoms with van der Waals surface area (Å²) in [6, 6.07) is 16.4. The maximum atomic E-state index is 12.9. The van der Waals surface area contributed by atoms with Gasteiger partial charge < -0.3 is 10.2 Å². The van der Waals surface area contributed by atoms with Crippen molar-refractivity contribution in [2.24, 2.45) is 0 Å². The lowest BCUT2D eigenvalue weighted by Crippen LogP contribution is -2.44. The van der Waals surface area contributed by atoms with Gasteiger partial charge in [-0.15, -0.1) is 0 Å². The summed E-state index contributed by atoms with van der Waals surface area (Å²) >= 11 is 0. The van der Waals surface area contributed by atoms with Crippen molar-refractivity contribution in [1.82, 2.24) is 10.2 Å². The molecule has 2 aromatic rings. The highest BCUT2D eigenvalue weighted by Gasteiger charge is 2.34. The number of likely N-dealkylation sites (tertiary alicyclic amines) is 1. The summed E-state index contributed by atoms with van der Waals surface area (Å²) in [4.78, 5) is 27.3. The zero-order valence-corrected chi connectivity index (χ0v) is 17.1. The molecular weight excluding hydrogens is 348 g/mol. The molecule has 0 bridgehead atoms. The Bertz CT molecular complexity index is 812. The number of aryl methyl sites for hydroxylation is 2. The van der Waals surface area contributed by atoms with Gasteiger partial charge in [0.15, 0.2) is 0 Å². The normalized spacial score (nSPS) is 17.4. The van der Waals surface area contributed by atoms with E-state index in [4.69, 9.17) is 0 Å². The highest BCUT2D eigenvalue weighted by atomic mass is 16.2. The van der Waals surface area contributed by atoms with E-state index in [1.54, 1.807) is 0 Å². The van der Waals surface area contributed by atoms with Crippen LogP contribution in [-0.2, 0) is 4.79 Å². The number of hydrogen-bond acceptors (Lipinski definition) is 2. The van der Waals surface area contributed by atoms with Gasteiger partial charge in [0, 0.05) is 24.1 Å². The topological polar surface area (TPSA) is 49.4 Å². The van der Waals surface area contributed by atoms with Crippen molar-refractivity contribution < 1.29 is 9.59 Å². The van der Waals surface area contributed by atoms with E-state index in [-0.39, 0.29) is 24.4 Å². The summed E-state index contributed by atoms with van der Waals surface area (Å²) in [5, 5.41) is 2.82. The molecule has 1 aliphatic rings. The molecule has 1 saturated heterocycles. The summed E-state index contributed by atoms with van der Waals surface area (Å²) in [6.07, 6.45) is 3.03. The van der Waals surface area contributed by atoms with Crippen LogP contribution in [0, 0.1) is 13.8 Å². The van der Waals surface area contributed by atoms with E-state index in [1.165, 1.54) is 5.56 Å². The highest BCUT2D eigenvalue weighted by molar-refractivity contribution is 5.96. The molecule has 4 heteroatoms. The fraction of sp³-hybridized carbons (Fsp3) is 0.417. The molecule has 0 aliphatic carbocycles. The van der Waals surface area contributed by atoms with Crippen molar-refractivity contribution in [2.45, 2.75) is 52.0 Å². The number of benzene rings is 2. The SMILES string of the molecule is CC[C@@H](c1ccccc1)[C@@H]1CCCN1C(=O)CNC(=O)c1cc(C)cc(C)c1. The third-order valence-corrected chi connectivity index (χ3v) is 5.64. The quantitative estimate of drug-likeness (QED) is 0.818. The van der Waals surface area contributed by atoms with Crippen molar-refractivity contribution in [3.05, 3.63) is 70.8 Å². The van der Waals surface area contributed by atoms with Gasteiger partial charge in [0.1, 0.15) is 0 Å². The number of carbonyl (C=O) groups is 2. The molecule has 2 aromatic carbocycles. The van der Waals surface area contributed by atoms with Gasteiger partial charge in [0.25, 0.3) is 5.91 Å². The highest BCUT2D eigenvalue weighted by Crippen LogP contribution is 2.33. The van der Waals surface area contributed by atoms with Crippen molar-refractivity contribution in [2.75, 3.05) is 13.1 Å². The lowest BCUT2D eigenvalue weighted by atomic mass is 9.87. The van der Waals surface area contributed by atoms with Crippen LogP contribution in [-0.4, -0.2) is 35.8 Å². The van der Waals surface area contributed by atoms with Crippen LogP contribution in [0.4, 0.5) is 0 Å². The monoisotopic (exact) mass is 378 g/mol. The van der Waals surface area contributed by atoms with E-state index >= 15 is 0 Å². The standard InChI is InChI=1S/C24H30N2O2/c1-4-21(19-9-6-5-7-10-19)22-11-8-12-26(22)23(27)16-25-24(28)20-14-17(2)13-18(3)15-20/h5-7,9-10,13-15,21-22H,4,8,11-12,16H2,1-3H3,(H,25,28)/t21-,22-/m0/s1. The van der Waals surface area contributed by atoms with E-state index in [9.17, 15) is 9.59 Å². The Kier molecular flexibility index (Phi) is 6.50. The van der Waals surface area contributed by atoms with Crippen LogP contribution in [0.3, 0.4) is 0 Å². The number of amides is 2. The largest absolute Gasteiger partial charge is 0.343 e. The Hall–Kier alpha value is -2.62. The molecule has 2 amide bonds. The van der Waals surface area contributed by atoms with Crippen molar-refractivity contribution in [3.63, 3.8) is 0 Å². The first-order valence-corrected chi connectivity index (χ1v) is 10.2. The van der Waals surface area contributed by atoms with Crippen molar-refractivity contribution in [3.8, 4) is 0 Å². The average molecular weight is 379 g/mol. The van der Waals surface area contributed by atoms with Crippen molar-refractivity contribution in [1.29, 1.82) is 0 Å². The van der Waals surface area contributed by atoms with E-state index in [2.05, 4.69) is 36.5 Å². The minimum atomic E-state index is -0.189. The Labute approximate surface area is 167 Å². The Morgan fingerprint density at radius 2 is 1.79 bits per heavy atom. The second-order valence-corrected chi connectivity index (χ2v) is 7.78. The second kappa shape index (κ2) is 9.05. The van der Waals surface area contributed by atoms with Gasteiger partial charge in [-0.3, -0.25) is 9.59 Å². The first-order chi connectivity index (χ1) is 13.5. The van der Waals surface area contributed by atoms with Crippen LogP contribution < -0.4 is 5.32 Å². The molecule has 1 fully saturated rings. The van der Waals surface area contributed by atoms with Crippen LogP contribution in [0.2, 0.25) is 0 Å². The van der Waals surface area contributed by atoms with Gasteiger partial charge in [-0.2, -0.15) is 0 Å². The fourth-order valence-corrected chi connectivity index (χ4v) is 4.42. The molecule has 4 nitrogen and oxygen atoms in total. The number of nitrogens with one attached hydrogen (secondary N) is 1. The van der Waals surface area contributed by atoms with Crippen LogP contribution in [0.25, 0.3) is 0 Å². The molecule has 0 spiro atoms. The summed E-state index contributed by atoms with van der Waals surface area (Å²) < 4.78 is 0. The molecule has 0 unspecified atom stereocenters. The maximum absolute atomic E-state index is 12.9. The summed E-state index contributed by atoms with van der Waals surface area (Å²) in [6.45, 7) is 6.94. The lowest BCUT2D eigenvalue weighted by Gasteiger charge is -2.31. The van der Waals surface area contributed by atoms with Gasteiger partial charge >= 0.3 is 0 Å². The second-order valence-electron chi connectivity index (χ2n) is 7.78. The van der Waals surface area contributed by atoms with E-state index in [0.717, 1.165) is 36.9 Å². The number of nitrogens with zero attached hydrogens (tertiary/aromatic N) is 1. The molecule has 148 valence electrons. The first kappa shape index (κ1) is 20.1. The third-order valence-electron chi connectivity index (χ3n) is 5.64. The molecule has 0 aromatic heterocycles. The van der Waals surface area contributed by atoms with Crippen LogP contribution in [0.15, 0.2) is 48.5 Å². The van der Waals surface area contributed by atoms with Gasteiger partial charge in [0.05, 0.1) is 6.54 Å².